The lowest BCUT2D eigenvalue weighted by atomic mass is 10.1. The quantitative estimate of drug-likeness (QED) is 0.471. The molecule has 0 aromatic heterocycles. The SMILES string of the molecule is CC(=O)c1ccc(NC(=O)[C@@H](C)OC(=O)/C=C/c2cccc(Cl)c2)cc1. The highest BCUT2D eigenvalue weighted by Gasteiger charge is 2.16. The molecule has 6 heteroatoms. The second-order valence-electron chi connectivity index (χ2n) is 5.59. The topological polar surface area (TPSA) is 72.5 Å². The Labute approximate surface area is 156 Å². The van der Waals surface area contributed by atoms with E-state index < -0.39 is 18.0 Å². The molecule has 26 heavy (non-hydrogen) atoms. The van der Waals surface area contributed by atoms with E-state index in [0.29, 0.717) is 16.3 Å². The number of rotatable bonds is 6. The Morgan fingerprint density at radius 1 is 1.12 bits per heavy atom. The van der Waals surface area contributed by atoms with Crippen molar-refractivity contribution < 1.29 is 19.1 Å². The Balaban J connectivity index is 1.89. The zero-order valence-electron chi connectivity index (χ0n) is 14.4. The number of carbonyl (C=O) groups excluding carboxylic acids is 3. The molecule has 0 heterocycles. The molecule has 0 aliphatic rings. The molecule has 0 unspecified atom stereocenters. The second kappa shape index (κ2) is 8.97. The first kappa shape index (κ1) is 19.4. The van der Waals surface area contributed by atoms with Gasteiger partial charge in [-0.1, -0.05) is 23.7 Å². The van der Waals surface area contributed by atoms with Crippen molar-refractivity contribution in [3.8, 4) is 0 Å². The number of nitrogens with one attached hydrogen (secondary N) is 1. The summed E-state index contributed by atoms with van der Waals surface area (Å²) in [5.74, 6) is -1.17. The van der Waals surface area contributed by atoms with Crippen LogP contribution in [0.3, 0.4) is 0 Å². The molecule has 2 aromatic rings. The Hall–Kier alpha value is -2.92. The van der Waals surface area contributed by atoms with Crippen LogP contribution in [0.2, 0.25) is 5.02 Å². The van der Waals surface area contributed by atoms with Crippen LogP contribution in [-0.4, -0.2) is 23.8 Å². The van der Waals surface area contributed by atoms with Gasteiger partial charge >= 0.3 is 5.97 Å². The van der Waals surface area contributed by atoms with E-state index in [1.165, 1.54) is 19.9 Å². The van der Waals surface area contributed by atoms with Crippen molar-refractivity contribution >= 4 is 41.0 Å². The van der Waals surface area contributed by atoms with Crippen molar-refractivity contribution in [1.82, 2.24) is 0 Å². The molecule has 0 fully saturated rings. The highest BCUT2D eigenvalue weighted by atomic mass is 35.5. The third kappa shape index (κ3) is 5.86. The number of halogens is 1. The fourth-order valence-corrected chi connectivity index (χ4v) is 2.27. The van der Waals surface area contributed by atoms with Gasteiger partial charge in [0.15, 0.2) is 11.9 Å². The molecular weight excluding hydrogens is 354 g/mol. The van der Waals surface area contributed by atoms with Crippen molar-refractivity contribution in [2.45, 2.75) is 20.0 Å². The van der Waals surface area contributed by atoms with Gasteiger partial charge in [-0.2, -0.15) is 0 Å². The van der Waals surface area contributed by atoms with Gasteiger partial charge < -0.3 is 10.1 Å². The molecule has 0 aliphatic heterocycles. The number of carbonyl (C=O) groups is 3. The molecule has 0 aliphatic carbocycles. The standard InChI is InChI=1S/C20H18ClNO4/c1-13(23)16-7-9-18(10-8-16)22-20(25)14(2)26-19(24)11-6-15-4-3-5-17(21)12-15/h3-12,14H,1-2H3,(H,22,25)/b11-6+/t14-/m1/s1. The zero-order valence-corrected chi connectivity index (χ0v) is 15.1. The number of anilines is 1. The Bertz CT molecular complexity index is 843. The zero-order chi connectivity index (χ0) is 19.1. The van der Waals surface area contributed by atoms with E-state index in [-0.39, 0.29) is 5.78 Å². The van der Waals surface area contributed by atoms with Crippen LogP contribution in [0.5, 0.6) is 0 Å². The molecular formula is C20H18ClNO4. The van der Waals surface area contributed by atoms with Crippen molar-refractivity contribution in [1.29, 1.82) is 0 Å². The Morgan fingerprint density at radius 3 is 2.42 bits per heavy atom. The third-order valence-electron chi connectivity index (χ3n) is 3.48. The van der Waals surface area contributed by atoms with Gasteiger partial charge in [-0.3, -0.25) is 9.59 Å². The summed E-state index contributed by atoms with van der Waals surface area (Å²) in [5.41, 5.74) is 1.81. The van der Waals surface area contributed by atoms with E-state index in [1.807, 2.05) is 0 Å². The number of benzene rings is 2. The number of ketones is 1. The molecule has 1 N–H and O–H groups in total. The number of esters is 1. The highest BCUT2D eigenvalue weighted by Crippen LogP contribution is 2.13. The summed E-state index contributed by atoms with van der Waals surface area (Å²) < 4.78 is 5.07. The first-order valence-corrected chi connectivity index (χ1v) is 8.29. The predicted octanol–water partition coefficient (Wildman–Crippen LogP) is 4.13. The second-order valence-corrected chi connectivity index (χ2v) is 6.03. The van der Waals surface area contributed by atoms with E-state index >= 15 is 0 Å². The van der Waals surface area contributed by atoms with Crippen molar-refractivity contribution in [2.75, 3.05) is 5.32 Å². The first-order valence-electron chi connectivity index (χ1n) is 7.91. The minimum Gasteiger partial charge on any atom is -0.449 e. The Morgan fingerprint density at radius 2 is 1.81 bits per heavy atom. The largest absolute Gasteiger partial charge is 0.449 e. The van der Waals surface area contributed by atoms with Gasteiger partial charge in [0.05, 0.1) is 0 Å². The van der Waals surface area contributed by atoms with Crippen LogP contribution in [-0.2, 0) is 14.3 Å². The third-order valence-corrected chi connectivity index (χ3v) is 3.72. The maximum Gasteiger partial charge on any atom is 0.331 e. The lowest BCUT2D eigenvalue weighted by Gasteiger charge is -2.12. The minimum atomic E-state index is -0.973. The van der Waals surface area contributed by atoms with Gasteiger partial charge in [-0.05, 0) is 61.9 Å². The molecule has 134 valence electrons. The monoisotopic (exact) mass is 371 g/mol. The van der Waals surface area contributed by atoms with Crippen LogP contribution in [0.25, 0.3) is 6.08 Å². The van der Waals surface area contributed by atoms with Crippen molar-refractivity contribution in [2.24, 2.45) is 0 Å². The molecule has 0 bridgehead atoms. The molecule has 5 nitrogen and oxygen atoms in total. The van der Waals surface area contributed by atoms with Crippen LogP contribution in [0.1, 0.15) is 29.8 Å². The highest BCUT2D eigenvalue weighted by molar-refractivity contribution is 6.30. The maximum absolute atomic E-state index is 12.1. The smallest absolute Gasteiger partial charge is 0.331 e. The summed E-state index contributed by atoms with van der Waals surface area (Å²) in [7, 11) is 0. The normalized spacial score (nSPS) is 11.8. The van der Waals surface area contributed by atoms with Crippen molar-refractivity contribution in [3.63, 3.8) is 0 Å². The van der Waals surface area contributed by atoms with E-state index in [1.54, 1.807) is 54.6 Å². The summed E-state index contributed by atoms with van der Waals surface area (Å²) in [6.07, 6.45) is 1.81. The van der Waals surface area contributed by atoms with Crippen molar-refractivity contribution in [3.05, 3.63) is 70.8 Å². The number of hydrogen-bond acceptors (Lipinski definition) is 4. The number of hydrogen-bond donors (Lipinski definition) is 1. The van der Waals surface area contributed by atoms with Gasteiger partial charge in [0.1, 0.15) is 0 Å². The number of Topliss-reactive ketones (excluding diaryl/α,β-unsaturated/α-hetero) is 1. The fraction of sp³-hybridized carbons (Fsp3) is 0.150. The van der Waals surface area contributed by atoms with Gasteiger partial charge in [0, 0.05) is 22.3 Å². The van der Waals surface area contributed by atoms with Gasteiger partial charge in [-0.25, -0.2) is 4.79 Å². The summed E-state index contributed by atoms with van der Waals surface area (Å²) in [4.78, 5) is 35.1. The lowest BCUT2D eigenvalue weighted by molar-refractivity contribution is -0.148. The fourth-order valence-electron chi connectivity index (χ4n) is 2.07. The molecule has 0 spiro atoms. The number of amides is 1. The summed E-state index contributed by atoms with van der Waals surface area (Å²) >= 11 is 5.87. The Kier molecular flexibility index (Phi) is 6.69. The van der Waals surface area contributed by atoms with E-state index in [0.717, 1.165) is 5.56 Å². The maximum atomic E-state index is 12.1. The predicted molar refractivity (Wildman–Crippen MR) is 101 cm³/mol. The molecule has 1 amide bonds. The van der Waals surface area contributed by atoms with Crippen LogP contribution < -0.4 is 5.32 Å². The molecule has 0 radical (unpaired) electrons. The van der Waals surface area contributed by atoms with E-state index in [9.17, 15) is 14.4 Å². The summed E-state index contributed by atoms with van der Waals surface area (Å²) in [6, 6.07) is 13.4. The van der Waals surface area contributed by atoms with Gasteiger partial charge in [-0.15, -0.1) is 0 Å². The number of ether oxygens (including phenoxy) is 1. The van der Waals surface area contributed by atoms with E-state index in [2.05, 4.69) is 5.32 Å². The molecule has 0 saturated heterocycles. The minimum absolute atomic E-state index is 0.0586. The average molecular weight is 372 g/mol. The lowest BCUT2D eigenvalue weighted by Crippen LogP contribution is -2.29. The molecule has 0 saturated carbocycles. The van der Waals surface area contributed by atoms with E-state index in [4.69, 9.17) is 16.3 Å². The van der Waals surface area contributed by atoms with Gasteiger partial charge in [0.25, 0.3) is 5.91 Å². The van der Waals surface area contributed by atoms with Crippen LogP contribution in [0.15, 0.2) is 54.6 Å². The van der Waals surface area contributed by atoms with Crippen LogP contribution in [0, 0.1) is 0 Å². The van der Waals surface area contributed by atoms with Crippen LogP contribution in [0.4, 0.5) is 5.69 Å². The summed E-state index contributed by atoms with van der Waals surface area (Å²) in [6.45, 7) is 2.94. The molecule has 1 atom stereocenters. The molecule has 2 rings (SSSR count). The molecule has 2 aromatic carbocycles. The average Bonchev–Trinajstić information content (AvgIpc) is 2.60. The summed E-state index contributed by atoms with van der Waals surface area (Å²) in [5, 5.41) is 3.18. The van der Waals surface area contributed by atoms with Crippen LogP contribution >= 0.6 is 11.6 Å². The first-order chi connectivity index (χ1) is 12.3. The van der Waals surface area contributed by atoms with Gasteiger partial charge in [0.2, 0.25) is 0 Å².